The number of nitrogens with zero attached hydrogens (tertiary/aromatic N) is 2. The molecule has 0 radical (unpaired) electrons. The number of amides is 1. The Bertz CT molecular complexity index is 838. The van der Waals surface area contributed by atoms with Gasteiger partial charge in [0.15, 0.2) is 0 Å². The molecule has 0 saturated heterocycles. The van der Waals surface area contributed by atoms with Gasteiger partial charge in [-0.15, -0.1) is 0 Å². The number of carbonyl (C=O) groups excluding carboxylic acids is 1. The van der Waals surface area contributed by atoms with Crippen molar-refractivity contribution in [1.82, 2.24) is 4.90 Å². The van der Waals surface area contributed by atoms with E-state index >= 15 is 0 Å². The molecule has 2 aromatic rings. The molecule has 0 heterocycles. The smallest absolute Gasteiger partial charge is 0.269 e. The van der Waals surface area contributed by atoms with Gasteiger partial charge < -0.3 is 10.0 Å². The summed E-state index contributed by atoms with van der Waals surface area (Å²) in [5.41, 5.74) is 1.48. The molecular weight excluding hydrogens is 391 g/mol. The zero-order valence-corrected chi connectivity index (χ0v) is 15.9. The summed E-state index contributed by atoms with van der Waals surface area (Å²) >= 11 is 11.9. The molecule has 0 bridgehead atoms. The zero-order chi connectivity index (χ0) is 19.8. The first kappa shape index (κ1) is 20.9. The summed E-state index contributed by atoms with van der Waals surface area (Å²) in [5.74, 6) is -0.243. The highest BCUT2D eigenvalue weighted by Crippen LogP contribution is 2.23. The van der Waals surface area contributed by atoms with Crippen LogP contribution in [-0.4, -0.2) is 34.0 Å². The van der Waals surface area contributed by atoms with E-state index in [-0.39, 0.29) is 18.2 Å². The summed E-state index contributed by atoms with van der Waals surface area (Å²) in [6.07, 6.45) is 3.43. The van der Waals surface area contributed by atoms with Crippen molar-refractivity contribution in [3.63, 3.8) is 0 Å². The van der Waals surface area contributed by atoms with Crippen molar-refractivity contribution >= 4 is 40.9 Å². The first-order valence-electron chi connectivity index (χ1n) is 8.17. The van der Waals surface area contributed by atoms with Crippen LogP contribution in [0.5, 0.6) is 0 Å². The minimum Gasteiger partial charge on any atom is -0.396 e. The fourth-order valence-electron chi connectivity index (χ4n) is 2.37. The van der Waals surface area contributed by atoms with Crippen LogP contribution in [0.1, 0.15) is 17.5 Å². The molecule has 1 N–H and O–H groups in total. The number of hydrogen-bond donors (Lipinski definition) is 1. The molecule has 6 nitrogen and oxygen atoms in total. The van der Waals surface area contributed by atoms with Crippen LogP contribution >= 0.6 is 23.2 Å². The molecule has 0 aliphatic rings. The van der Waals surface area contributed by atoms with Crippen molar-refractivity contribution in [3.05, 3.63) is 79.8 Å². The lowest BCUT2D eigenvalue weighted by Gasteiger charge is -2.21. The molecule has 0 spiro atoms. The highest BCUT2D eigenvalue weighted by molar-refractivity contribution is 6.42. The SMILES string of the molecule is O=C(/C=C/c1ccc([N+](=O)[O-])cc1)N(CCCO)Cc1ccc(Cl)c(Cl)c1. The molecule has 27 heavy (non-hydrogen) atoms. The van der Waals surface area contributed by atoms with Crippen LogP contribution < -0.4 is 0 Å². The van der Waals surface area contributed by atoms with E-state index < -0.39 is 4.92 Å². The molecule has 0 aromatic heterocycles. The third kappa shape index (κ3) is 6.36. The number of nitro benzene ring substituents is 1. The molecule has 142 valence electrons. The lowest BCUT2D eigenvalue weighted by Crippen LogP contribution is -2.30. The summed E-state index contributed by atoms with van der Waals surface area (Å²) in [7, 11) is 0. The maximum Gasteiger partial charge on any atom is 0.269 e. The normalized spacial score (nSPS) is 10.9. The Balaban J connectivity index is 2.10. The Hall–Kier alpha value is -2.41. The number of non-ortho nitro benzene ring substituents is 1. The average Bonchev–Trinajstić information content (AvgIpc) is 2.66. The van der Waals surface area contributed by atoms with Gasteiger partial charge in [0.1, 0.15) is 0 Å². The number of carbonyl (C=O) groups is 1. The van der Waals surface area contributed by atoms with E-state index in [2.05, 4.69) is 0 Å². The molecule has 0 atom stereocenters. The maximum absolute atomic E-state index is 12.5. The molecule has 1 amide bonds. The van der Waals surface area contributed by atoms with Gasteiger partial charge in [-0.1, -0.05) is 29.3 Å². The fourth-order valence-corrected chi connectivity index (χ4v) is 2.69. The summed E-state index contributed by atoms with van der Waals surface area (Å²) < 4.78 is 0. The largest absolute Gasteiger partial charge is 0.396 e. The van der Waals surface area contributed by atoms with Crippen LogP contribution in [0.4, 0.5) is 5.69 Å². The predicted molar refractivity (Wildman–Crippen MR) is 106 cm³/mol. The van der Waals surface area contributed by atoms with Crippen molar-refractivity contribution in [2.75, 3.05) is 13.2 Å². The van der Waals surface area contributed by atoms with Gasteiger partial charge in [0.25, 0.3) is 5.69 Å². The van der Waals surface area contributed by atoms with Gasteiger partial charge in [-0.05, 0) is 47.9 Å². The standard InChI is InChI=1S/C19H18Cl2N2O4/c20-17-8-4-15(12-18(17)21)13-22(10-1-11-24)19(25)9-5-14-2-6-16(7-3-14)23(26)27/h2-9,12,24H,1,10-11,13H2/b9-5+. The fraction of sp³-hybridized carbons (Fsp3) is 0.211. The molecule has 8 heteroatoms. The molecule has 0 fully saturated rings. The highest BCUT2D eigenvalue weighted by atomic mass is 35.5. The second-order valence-corrected chi connectivity index (χ2v) is 6.58. The van der Waals surface area contributed by atoms with Crippen molar-refractivity contribution in [2.45, 2.75) is 13.0 Å². The van der Waals surface area contributed by atoms with Crippen LogP contribution in [0.15, 0.2) is 48.5 Å². The molecule has 0 aliphatic heterocycles. The molecule has 2 rings (SSSR count). The average molecular weight is 409 g/mol. The molecule has 0 saturated carbocycles. The number of rotatable bonds is 8. The Labute approximate surface area is 166 Å². The number of benzene rings is 2. The van der Waals surface area contributed by atoms with Gasteiger partial charge in [0.05, 0.1) is 15.0 Å². The third-order valence-corrected chi connectivity index (χ3v) is 4.52. The summed E-state index contributed by atoms with van der Waals surface area (Å²) in [6, 6.07) is 11.0. The monoisotopic (exact) mass is 408 g/mol. The first-order valence-corrected chi connectivity index (χ1v) is 8.92. The number of halogens is 2. The second kappa shape index (κ2) is 10.1. The van der Waals surface area contributed by atoms with Crippen molar-refractivity contribution in [2.24, 2.45) is 0 Å². The molecule has 0 unspecified atom stereocenters. The lowest BCUT2D eigenvalue weighted by atomic mass is 10.1. The van der Waals surface area contributed by atoms with Gasteiger partial charge >= 0.3 is 0 Å². The summed E-state index contributed by atoms with van der Waals surface area (Å²) in [4.78, 5) is 24.3. The minimum absolute atomic E-state index is 0.0114. The number of nitro groups is 1. The Morgan fingerprint density at radius 2 is 1.85 bits per heavy atom. The van der Waals surface area contributed by atoms with Gasteiger partial charge in [-0.3, -0.25) is 14.9 Å². The van der Waals surface area contributed by atoms with Gasteiger partial charge in [-0.2, -0.15) is 0 Å². The Morgan fingerprint density at radius 1 is 1.15 bits per heavy atom. The predicted octanol–water partition coefficient (Wildman–Crippen LogP) is 4.33. The summed E-state index contributed by atoms with van der Waals surface area (Å²) in [6.45, 7) is 0.664. The van der Waals surface area contributed by atoms with Crippen LogP contribution in [0.3, 0.4) is 0 Å². The highest BCUT2D eigenvalue weighted by Gasteiger charge is 2.12. The van der Waals surface area contributed by atoms with Crippen LogP contribution in [-0.2, 0) is 11.3 Å². The van der Waals surface area contributed by atoms with E-state index in [4.69, 9.17) is 28.3 Å². The van der Waals surface area contributed by atoms with Gasteiger partial charge in [-0.25, -0.2) is 0 Å². The van der Waals surface area contributed by atoms with Crippen molar-refractivity contribution in [1.29, 1.82) is 0 Å². The summed E-state index contributed by atoms with van der Waals surface area (Å²) in [5, 5.41) is 20.6. The van der Waals surface area contributed by atoms with Crippen LogP contribution in [0, 0.1) is 10.1 Å². The lowest BCUT2D eigenvalue weighted by molar-refractivity contribution is -0.384. The van der Waals surface area contributed by atoms with E-state index in [1.54, 1.807) is 41.3 Å². The van der Waals surface area contributed by atoms with E-state index in [0.29, 0.717) is 35.1 Å². The zero-order valence-electron chi connectivity index (χ0n) is 14.3. The Kier molecular flexibility index (Phi) is 7.79. The van der Waals surface area contributed by atoms with Crippen LogP contribution in [0.2, 0.25) is 10.0 Å². The Morgan fingerprint density at radius 3 is 2.44 bits per heavy atom. The first-order chi connectivity index (χ1) is 12.9. The van der Waals surface area contributed by atoms with Crippen molar-refractivity contribution < 1.29 is 14.8 Å². The second-order valence-electron chi connectivity index (χ2n) is 5.77. The molecular formula is C19H18Cl2N2O4. The number of aliphatic hydroxyl groups is 1. The van der Waals surface area contributed by atoms with Crippen LogP contribution in [0.25, 0.3) is 6.08 Å². The number of hydrogen-bond acceptors (Lipinski definition) is 4. The quantitative estimate of drug-likeness (QED) is 0.400. The van der Waals surface area contributed by atoms with E-state index in [1.807, 2.05) is 0 Å². The van der Waals surface area contributed by atoms with E-state index in [1.165, 1.54) is 18.2 Å². The maximum atomic E-state index is 12.5. The number of aliphatic hydroxyl groups excluding tert-OH is 1. The van der Waals surface area contributed by atoms with E-state index in [0.717, 1.165) is 5.56 Å². The molecule has 0 aliphatic carbocycles. The van der Waals surface area contributed by atoms with Crippen molar-refractivity contribution in [3.8, 4) is 0 Å². The topological polar surface area (TPSA) is 83.7 Å². The van der Waals surface area contributed by atoms with Gasteiger partial charge in [0, 0.05) is 37.9 Å². The molecule has 2 aromatic carbocycles. The third-order valence-electron chi connectivity index (χ3n) is 3.78. The van der Waals surface area contributed by atoms with E-state index in [9.17, 15) is 14.9 Å². The van der Waals surface area contributed by atoms with Gasteiger partial charge in [0.2, 0.25) is 5.91 Å². The minimum atomic E-state index is -0.480.